The van der Waals surface area contributed by atoms with Crippen LogP contribution < -0.4 is 26.8 Å². The molecule has 308 valence electrons. The predicted octanol–water partition coefficient (Wildman–Crippen LogP) is 5.43. The molecule has 5 atom stereocenters. The van der Waals surface area contributed by atoms with Crippen LogP contribution >= 0.6 is 23.7 Å². The molecule has 2 aromatic carbocycles. The van der Waals surface area contributed by atoms with Crippen molar-refractivity contribution in [2.45, 2.75) is 123 Å². The number of nitrogens with one attached hydrogen (secondary N) is 2. The first-order valence-electron chi connectivity index (χ1n) is 19.0. The van der Waals surface area contributed by atoms with E-state index in [0.29, 0.717) is 37.7 Å². The number of amides is 4. The lowest BCUT2D eigenvalue weighted by Crippen LogP contribution is -2.57. The molecule has 1 aliphatic heterocycles. The van der Waals surface area contributed by atoms with Crippen LogP contribution in [0.2, 0.25) is 0 Å². The highest BCUT2D eigenvalue weighted by atomic mass is 35.5. The van der Waals surface area contributed by atoms with Crippen LogP contribution in [-0.2, 0) is 25.6 Å². The van der Waals surface area contributed by atoms with Crippen molar-refractivity contribution in [3.8, 4) is 16.2 Å². The summed E-state index contributed by atoms with van der Waals surface area (Å²) < 4.78 is 20.9. The molecule has 56 heavy (non-hydrogen) atoms. The fourth-order valence-corrected chi connectivity index (χ4v) is 7.54. The number of aliphatic hydroxyl groups excluding tert-OH is 1. The molecular formula is C41H58ClFN6O6S. The van der Waals surface area contributed by atoms with Gasteiger partial charge in [0.05, 0.1) is 28.2 Å². The van der Waals surface area contributed by atoms with Crippen LogP contribution in [0, 0.1) is 25.1 Å². The molecule has 1 aromatic heterocycles. The Morgan fingerprint density at radius 1 is 1.07 bits per heavy atom. The maximum absolute atomic E-state index is 15.2. The van der Waals surface area contributed by atoms with E-state index in [4.69, 9.17) is 16.2 Å². The number of thiazole rings is 1. The first-order valence-corrected chi connectivity index (χ1v) is 19.9. The number of ether oxygens (including phenoxy) is 1. The van der Waals surface area contributed by atoms with Gasteiger partial charge in [0.2, 0.25) is 23.6 Å². The maximum atomic E-state index is 15.2. The van der Waals surface area contributed by atoms with E-state index in [2.05, 4.69) is 15.6 Å². The number of aromatic nitrogens is 1. The molecule has 3 aromatic rings. The van der Waals surface area contributed by atoms with Gasteiger partial charge in [0.1, 0.15) is 18.7 Å². The molecule has 12 nitrogen and oxygen atoms in total. The fraction of sp³-hybridized carbons (Fsp3) is 0.537. The number of carbonyl (C=O) groups is 4. The van der Waals surface area contributed by atoms with Crippen LogP contribution in [0.4, 0.5) is 4.39 Å². The number of aliphatic hydroxyl groups is 1. The zero-order valence-electron chi connectivity index (χ0n) is 33.2. The van der Waals surface area contributed by atoms with E-state index in [1.165, 1.54) is 4.90 Å². The maximum Gasteiger partial charge on any atom is 0.246 e. The van der Waals surface area contributed by atoms with Gasteiger partial charge in [0, 0.05) is 31.8 Å². The number of carbonyl (C=O) groups excluding carboxylic acids is 4. The Hall–Kier alpha value is -4.11. The van der Waals surface area contributed by atoms with Gasteiger partial charge in [-0.1, -0.05) is 57.5 Å². The predicted molar refractivity (Wildman–Crippen MR) is 219 cm³/mol. The van der Waals surface area contributed by atoms with Gasteiger partial charge in [-0.2, -0.15) is 0 Å². The van der Waals surface area contributed by atoms with Crippen molar-refractivity contribution in [3.05, 3.63) is 70.1 Å². The highest BCUT2D eigenvalue weighted by Crippen LogP contribution is 2.30. The van der Waals surface area contributed by atoms with Gasteiger partial charge in [0.15, 0.2) is 11.6 Å². The Morgan fingerprint density at radius 2 is 1.77 bits per heavy atom. The lowest BCUT2D eigenvalue weighted by atomic mass is 9.85. The summed E-state index contributed by atoms with van der Waals surface area (Å²) in [5.74, 6) is -1.90. The van der Waals surface area contributed by atoms with Gasteiger partial charge in [-0.15, -0.1) is 23.7 Å². The highest BCUT2D eigenvalue weighted by molar-refractivity contribution is 7.13. The number of β-amino-alcohol motifs (C(OH)–C–C–N with tert-alkyl or cyclic N) is 1. The second-order valence-corrected chi connectivity index (χ2v) is 16.6. The lowest BCUT2D eigenvalue weighted by molar-refractivity contribution is -0.144. The average molecular weight is 817 g/mol. The summed E-state index contributed by atoms with van der Waals surface area (Å²) in [6.07, 6.45) is 2.11. The van der Waals surface area contributed by atoms with Crippen LogP contribution in [0.3, 0.4) is 0 Å². The van der Waals surface area contributed by atoms with E-state index in [0.717, 1.165) is 27.3 Å². The zero-order chi connectivity index (χ0) is 40.4. The Bertz CT molecular complexity index is 1800. The van der Waals surface area contributed by atoms with Crippen LogP contribution in [0.5, 0.6) is 5.75 Å². The van der Waals surface area contributed by atoms with E-state index in [9.17, 15) is 24.3 Å². The Labute approximate surface area is 339 Å². The third-order valence-corrected chi connectivity index (χ3v) is 10.9. The summed E-state index contributed by atoms with van der Waals surface area (Å²) in [5.41, 5.74) is 16.5. The number of aryl methyl sites for hydroxylation is 3. The van der Waals surface area contributed by atoms with E-state index < -0.39 is 47.3 Å². The third kappa shape index (κ3) is 13.0. The van der Waals surface area contributed by atoms with Crippen LogP contribution in [0.15, 0.2) is 41.9 Å². The molecule has 4 amide bonds. The third-order valence-electron chi connectivity index (χ3n) is 9.88. The smallest absolute Gasteiger partial charge is 0.246 e. The van der Waals surface area contributed by atoms with E-state index in [-0.39, 0.29) is 68.4 Å². The summed E-state index contributed by atoms with van der Waals surface area (Å²) >= 11 is 1.57. The average Bonchev–Trinajstić information content (AvgIpc) is 3.74. The topological polar surface area (TPSA) is 190 Å². The van der Waals surface area contributed by atoms with Gasteiger partial charge >= 0.3 is 0 Å². The number of nitrogens with zero attached hydrogens (tertiary/aromatic N) is 2. The molecular weight excluding hydrogens is 759 g/mol. The molecule has 0 bridgehead atoms. The van der Waals surface area contributed by atoms with Crippen molar-refractivity contribution in [2.75, 3.05) is 13.2 Å². The van der Waals surface area contributed by atoms with Crippen molar-refractivity contribution in [1.82, 2.24) is 20.5 Å². The molecule has 0 saturated carbocycles. The fourth-order valence-electron chi connectivity index (χ4n) is 6.73. The number of halogens is 2. The number of benzene rings is 2. The van der Waals surface area contributed by atoms with Gasteiger partial charge < -0.3 is 36.8 Å². The Balaban J connectivity index is 0.00000841. The van der Waals surface area contributed by atoms with Gasteiger partial charge in [0.25, 0.3) is 0 Å². The molecule has 2 heterocycles. The van der Waals surface area contributed by atoms with Gasteiger partial charge in [-0.05, 0) is 80.2 Å². The minimum Gasteiger partial charge on any atom is -0.489 e. The van der Waals surface area contributed by atoms with Crippen LogP contribution in [0.1, 0.15) is 101 Å². The number of hydrogen-bond acceptors (Lipinski definition) is 9. The summed E-state index contributed by atoms with van der Waals surface area (Å²) in [4.78, 5) is 58.6. The standard InChI is InChI=1S/C41H57FN6O6S.ClH/c1-24-18-29(36(42)33(19-24)54-22-30(43)16-17-34(44)50)10-8-7-9-11-35(51)47-38(41(4,5)6)40(53)48-21-31(49)20-32(48)39(52)46-25(2)27-12-14-28(15-13-27)37-26(3)45-23-55-37;/h12-15,18-19,23,25,30-32,38,49H,7-11,16-17,20-22,43H2,1-6H3,(H2,44,50)(H,46,52)(H,47,51);1H/t25-,30-,31?,32-,38+;/m0./s1. The van der Waals surface area contributed by atoms with Crippen molar-refractivity contribution in [3.63, 3.8) is 0 Å². The highest BCUT2D eigenvalue weighted by Gasteiger charge is 2.44. The normalized spacial score (nSPS) is 17.1. The van der Waals surface area contributed by atoms with E-state index in [1.807, 2.05) is 71.3 Å². The minimum absolute atomic E-state index is 0. The van der Waals surface area contributed by atoms with E-state index >= 15 is 4.39 Å². The second-order valence-electron chi connectivity index (χ2n) is 15.8. The van der Waals surface area contributed by atoms with E-state index in [1.54, 1.807) is 23.5 Å². The number of primary amides is 1. The second kappa shape index (κ2) is 20.9. The number of rotatable bonds is 18. The number of hydrogen-bond donors (Lipinski definition) is 5. The number of likely N-dealkylation sites (tertiary alicyclic amines) is 1. The van der Waals surface area contributed by atoms with Crippen molar-refractivity contribution in [2.24, 2.45) is 16.9 Å². The lowest BCUT2D eigenvalue weighted by Gasteiger charge is -2.35. The quantitative estimate of drug-likeness (QED) is 0.105. The largest absolute Gasteiger partial charge is 0.489 e. The van der Waals surface area contributed by atoms with Gasteiger partial charge in [-0.25, -0.2) is 9.37 Å². The summed E-state index contributed by atoms with van der Waals surface area (Å²) in [6.45, 7) is 11.3. The first kappa shape index (κ1) is 46.3. The molecule has 7 N–H and O–H groups in total. The van der Waals surface area contributed by atoms with Crippen molar-refractivity contribution in [1.29, 1.82) is 0 Å². The zero-order valence-corrected chi connectivity index (χ0v) is 34.9. The molecule has 0 spiro atoms. The number of unbranched alkanes of at least 4 members (excludes halogenated alkanes) is 2. The molecule has 15 heteroatoms. The molecule has 0 aliphatic carbocycles. The molecule has 4 rings (SSSR count). The molecule has 1 saturated heterocycles. The summed E-state index contributed by atoms with van der Waals surface area (Å²) in [5, 5.41) is 16.5. The molecule has 0 radical (unpaired) electrons. The number of nitrogens with two attached hydrogens (primary N) is 2. The Morgan fingerprint density at radius 3 is 2.39 bits per heavy atom. The summed E-state index contributed by atoms with van der Waals surface area (Å²) in [6, 6.07) is 8.67. The monoisotopic (exact) mass is 816 g/mol. The van der Waals surface area contributed by atoms with Gasteiger partial charge in [-0.3, -0.25) is 19.2 Å². The minimum atomic E-state index is -0.926. The Kier molecular flexibility index (Phi) is 17.3. The first-order chi connectivity index (χ1) is 25.9. The molecule has 1 unspecified atom stereocenters. The van der Waals surface area contributed by atoms with Crippen molar-refractivity contribution < 1.29 is 33.4 Å². The molecule has 1 fully saturated rings. The summed E-state index contributed by atoms with van der Waals surface area (Å²) in [7, 11) is 0. The molecule has 1 aliphatic rings. The van der Waals surface area contributed by atoms with Crippen LogP contribution in [0.25, 0.3) is 10.4 Å². The van der Waals surface area contributed by atoms with Crippen LogP contribution in [-0.4, -0.2) is 76.0 Å². The van der Waals surface area contributed by atoms with Crippen molar-refractivity contribution >= 4 is 47.4 Å². The SMILES string of the molecule is Cc1cc(CCCCCC(=O)N[C@H](C(=O)N2CC(O)C[C@H]2C(=O)N[C@@H](C)c2ccc(-c3scnc3C)cc2)C(C)(C)C)c(F)c(OC[C@@H](N)CCC(N)=O)c1.Cl.